The molecule has 3 aromatic rings. The average molecular weight is 396 g/mol. The largest absolute Gasteiger partial charge is 0.361 e. The van der Waals surface area contributed by atoms with Crippen LogP contribution < -0.4 is 4.90 Å². The number of aromatic nitrogens is 5. The summed E-state index contributed by atoms with van der Waals surface area (Å²) in [5, 5.41) is 4.15. The van der Waals surface area contributed by atoms with Crippen LogP contribution in [-0.4, -0.2) is 56.8 Å². The van der Waals surface area contributed by atoms with E-state index in [0.717, 1.165) is 72.4 Å². The van der Waals surface area contributed by atoms with Crippen molar-refractivity contribution in [2.45, 2.75) is 39.2 Å². The molecule has 4 heterocycles. The second-order valence-electron chi connectivity index (χ2n) is 8.17. The molecule has 1 atom stereocenters. The van der Waals surface area contributed by atoms with E-state index in [1.165, 1.54) is 0 Å². The second kappa shape index (κ2) is 7.94. The van der Waals surface area contributed by atoms with Crippen molar-refractivity contribution in [1.29, 1.82) is 0 Å². The van der Waals surface area contributed by atoms with Gasteiger partial charge in [0.1, 0.15) is 5.76 Å². The highest BCUT2D eigenvalue weighted by Gasteiger charge is 2.28. The fourth-order valence-corrected chi connectivity index (χ4v) is 4.17. The van der Waals surface area contributed by atoms with Gasteiger partial charge in [-0.05, 0) is 33.2 Å². The van der Waals surface area contributed by atoms with Gasteiger partial charge in [-0.2, -0.15) is 0 Å². The lowest BCUT2D eigenvalue weighted by molar-refractivity contribution is 0.197. The number of piperidine rings is 1. The van der Waals surface area contributed by atoms with Crippen molar-refractivity contribution in [3.8, 4) is 11.1 Å². The molecule has 0 N–H and O–H groups in total. The molecule has 0 saturated carbocycles. The number of anilines is 1. The molecule has 29 heavy (non-hydrogen) atoms. The first kappa shape index (κ1) is 19.6. The summed E-state index contributed by atoms with van der Waals surface area (Å²) in [6.07, 6.45) is 8.13. The Labute approximate surface area is 171 Å². The highest BCUT2D eigenvalue weighted by Crippen LogP contribution is 2.36. The SMILES string of the molecule is Cc1noc(C)c1-c1cnc(N(C)C)nc1C1CCCN(Cc2cn(C)cn2)C1. The highest BCUT2D eigenvalue weighted by atomic mass is 16.5. The van der Waals surface area contributed by atoms with E-state index in [-0.39, 0.29) is 0 Å². The van der Waals surface area contributed by atoms with Gasteiger partial charge in [0, 0.05) is 58.1 Å². The molecule has 1 aliphatic rings. The van der Waals surface area contributed by atoms with Crippen molar-refractivity contribution in [2.75, 3.05) is 32.1 Å². The van der Waals surface area contributed by atoms with Crippen LogP contribution in [0.4, 0.5) is 5.95 Å². The molecule has 0 radical (unpaired) electrons. The molecular formula is C21H29N7O. The first-order chi connectivity index (χ1) is 13.9. The third kappa shape index (κ3) is 4.03. The Hall–Kier alpha value is -2.74. The molecule has 1 fully saturated rings. The fourth-order valence-electron chi connectivity index (χ4n) is 4.17. The predicted octanol–water partition coefficient (Wildman–Crippen LogP) is 2.93. The minimum absolute atomic E-state index is 0.331. The normalized spacial score (nSPS) is 17.6. The smallest absolute Gasteiger partial charge is 0.225 e. The van der Waals surface area contributed by atoms with Crippen LogP contribution >= 0.6 is 0 Å². The van der Waals surface area contributed by atoms with Gasteiger partial charge < -0.3 is 14.0 Å². The molecule has 8 nitrogen and oxygen atoms in total. The Morgan fingerprint density at radius 3 is 2.72 bits per heavy atom. The van der Waals surface area contributed by atoms with Crippen molar-refractivity contribution in [3.05, 3.63) is 41.6 Å². The topological polar surface area (TPSA) is 76.1 Å². The Morgan fingerprint density at radius 2 is 2.07 bits per heavy atom. The molecule has 0 aromatic carbocycles. The maximum absolute atomic E-state index is 5.44. The van der Waals surface area contributed by atoms with Crippen molar-refractivity contribution in [3.63, 3.8) is 0 Å². The molecule has 0 amide bonds. The summed E-state index contributed by atoms with van der Waals surface area (Å²) >= 11 is 0. The molecular weight excluding hydrogens is 366 g/mol. The van der Waals surface area contributed by atoms with Gasteiger partial charge in [0.05, 0.1) is 29.0 Å². The number of nitrogens with zero attached hydrogens (tertiary/aromatic N) is 7. The van der Waals surface area contributed by atoms with Crippen molar-refractivity contribution in [1.82, 2.24) is 29.6 Å². The van der Waals surface area contributed by atoms with Gasteiger partial charge in [-0.3, -0.25) is 4.90 Å². The zero-order valence-electron chi connectivity index (χ0n) is 17.9. The van der Waals surface area contributed by atoms with Gasteiger partial charge in [-0.1, -0.05) is 5.16 Å². The van der Waals surface area contributed by atoms with Crippen LogP contribution in [0.1, 0.15) is 41.6 Å². The van der Waals surface area contributed by atoms with E-state index in [1.54, 1.807) is 0 Å². The molecule has 8 heteroatoms. The lowest BCUT2D eigenvalue weighted by atomic mass is 9.89. The lowest BCUT2D eigenvalue weighted by Gasteiger charge is -2.33. The number of imidazole rings is 1. The highest BCUT2D eigenvalue weighted by molar-refractivity contribution is 5.70. The summed E-state index contributed by atoms with van der Waals surface area (Å²) in [4.78, 5) is 18.5. The number of hydrogen-bond acceptors (Lipinski definition) is 7. The first-order valence-corrected chi connectivity index (χ1v) is 10.1. The number of hydrogen-bond donors (Lipinski definition) is 0. The minimum Gasteiger partial charge on any atom is -0.361 e. The van der Waals surface area contributed by atoms with Crippen LogP contribution in [0.2, 0.25) is 0 Å². The van der Waals surface area contributed by atoms with E-state index >= 15 is 0 Å². The molecule has 4 rings (SSSR count). The van der Waals surface area contributed by atoms with Crippen molar-refractivity contribution >= 4 is 5.95 Å². The molecule has 1 aliphatic heterocycles. The van der Waals surface area contributed by atoms with Crippen LogP contribution in [0, 0.1) is 13.8 Å². The van der Waals surface area contributed by atoms with Gasteiger partial charge in [0.15, 0.2) is 0 Å². The van der Waals surface area contributed by atoms with E-state index < -0.39 is 0 Å². The van der Waals surface area contributed by atoms with E-state index in [0.29, 0.717) is 5.92 Å². The Morgan fingerprint density at radius 1 is 1.24 bits per heavy atom. The van der Waals surface area contributed by atoms with Crippen LogP contribution in [0.3, 0.4) is 0 Å². The van der Waals surface area contributed by atoms with Gasteiger partial charge in [0.2, 0.25) is 5.95 Å². The van der Waals surface area contributed by atoms with Crippen molar-refractivity contribution < 1.29 is 4.52 Å². The molecule has 154 valence electrons. The Kier molecular flexibility index (Phi) is 5.36. The standard InChI is InChI=1S/C21H29N7O/c1-14-19(15(2)29-25-14)18-9-22-21(26(3)4)24-20(18)16-7-6-8-28(10-16)12-17-11-27(5)13-23-17/h9,11,13,16H,6-8,10,12H2,1-5H3. The van der Waals surface area contributed by atoms with Crippen LogP contribution in [-0.2, 0) is 13.6 Å². The third-order valence-electron chi connectivity index (χ3n) is 5.54. The van der Waals surface area contributed by atoms with E-state index in [2.05, 4.69) is 26.2 Å². The first-order valence-electron chi connectivity index (χ1n) is 10.1. The molecule has 0 bridgehead atoms. The summed E-state index contributed by atoms with van der Waals surface area (Å²) in [7, 11) is 5.96. The number of aryl methyl sites for hydroxylation is 3. The van der Waals surface area contributed by atoms with E-state index in [9.17, 15) is 0 Å². The maximum atomic E-state index is 5.44. The molecule has 0 spiro atoms. The van der Waals surface area contributed by atoms with Gasteiger partial charge >= 0.3 is 0 Å². The zero-order valence-corrected chi connectivity index (χ0v) is 17.9. The maximum Gasteiger partial charge on any atom is 0.225 e. The third-order valence-corrected chi connectivity index (χ3v) is 5.54. The monoisotopic (exact) mass is 395 g/mol. The lowest BCUT2D eigenvalue weighted by Crippen LogP contribution is -2.34. The molecule has 3 aromatic heterocycles. The summed E-state index contributed by atoms with van der Waals surface area (Å²) < 4.78 is 7.44. The Bertz CT molecular complexity index is 971. The molecule has 0 aliphatic carbocycles. The van der Waals surface area contributed by atoms with E-state index in [1.807, 2.05) is 57.0 Å². The number of rotatable bonds is 5. The predicted molar refractivity (Wildman–Crippen MR) is 112 cm³/mol. The molecule has 1 saturated heterocycles. The van der Waals surface area contributed by atoms with E-state index in [4.69, 9.17) is 9.51 Å². The summed E-state index contributed by atoms with van der Waals surface area (Å²) in [5.74, 6) is 1.88. The van der Waals surface area contributed by atoms with Crippen molar-refractivity contribution in [2.24, 2.45) is 7.05 Å². The number of likely N-dealkylation sites (tertiary alicyclic amines) is 1. The van der Waals surface area contributed by atoms with Gasteiger partial charge in [-0.15, -0.1) is 0 Å². The fraction of sp³-hybridized carbons (Fsp3) is 0.524. The van der Waals surface area contributed by atoms with Gasteiger partial charge in [0.25, 0.3) is 0 Å². The van der Waals surface area contributed by atoms with Crippen LogP contribution in [0.15, 0.2) is 23.2 Å². The summed E-state index contributed by atoms with van der Waals surface area (Å²) in [5.41, 5.74) is 5.13. The quantitative estimate of drug-likeness (QED) is 0.657. The minimum atomic E-state index is 0.331. The average Bonchev–Trinajstić information content (AvgIpc) is 3.26. The summed E-state index contributed by atoms with van der Waals surface area (Å²) in [6, 6.07) is 0. The zero-order chi connectivity index (χ0) is 20.5. The molecule has 1 unspecified atom stereocenters. The summed E-state index contributed by atoms with van der Waals surface area (Å²) in [6.45, 7) is 6.83. The van der Waals surface area contributed by atoms with Crippen LogP contribution in [0.5, 0.6) is 0 Å². The van der Waals surface area contributed by atoms with Crippen LogP contribution in [0.25, 0.3) is 11.1 Å². The second-order valence-corrected chi connectivity index (χ2v) is 8.17. The Balaban J connectivity index is 1.67. The van der Waals surface area contributed by atoms with Gasteiger partial charge in [-0.25, -0.2) is 15.0 Å².